The molecule has 0 heterocycles. The summed E-state index contributed by atoms with van der Waals surface area (Å²) in [6.45, 7) is 6.44. The van der Waals surface area contributed by atoms with Gasteiger partial charge in [0.2, 0.25) is 0 Å². The van der Waals surface area contributed by atoms with Crippen molar-refractivity contribution in [2.75, 3.05) is 5.75 Å². The van der Waals surface area contributed by atoms with Crippen LogP contribution < -0.4 is 0 Å². The molecule has 0 aliphatic heterocycles. The number of benzene rings is 1. The topological polar surface area (TPSA) is 17.1 Å². The molecule has 1 nitrogen and oxygen atoms in total. The molecule has 1 fully saturated rings. The van der Waals surface area contributed by atoms with Crippen LogP contribution in [0.25, 0.3) is 0 Å². The van der Waals surface area contributed by atoms with E-state index in [0.717, 1.165) is 17.0 Å². The second kappa shape index (κ2) is 6.60. The van der Waals surface area contributed by atoms with E-state index in [1.807, 2.05) is 30.8 Å². The molecule has 1 aliphatic rings. The highest BCUT2D eigenvalue weighted by molar-refractivity contribution is 8.00. The molecule has 0 bridgehead atoms. The molecular formula is C17H24OS. The molecule has 104 valence electrons. The smallest absolute Gasteiger partial charge is 0.172 e. The number of ketones is 1. The molecule has 1 aromatic carbocycles. The number of hydrogen-bond donors (Lipinski definition) is 0. The summed E-state index contributed by atoms with van der Waals surface area (Å²) < 4.78 is 0. The lowest BCUT2D eigenvalue weighted by atomic mass is 9.91. The lowest BCUT2D eigenvalue weighted by Gasteiger charge is -2.26. The van der Waals surface area contributed by atoms with Gasteiger partial charge in [-0.05, 0) is 38.2 Å². The Morgan fingerprint density at radius 3 is 2.79 bits per heavy atom. The summed E-state index contributed by atoms with van der Waals surface area (Å²) in [6, 6.07) is 6.12. The maximum atomic E-state index is 12.3. The first-order valence-corrected chi connectivity index (χ1v) is 8.33. The van der Waals surface area contributed by atoms with Gasteiger partial charge in [0.15, 0.2) is 5.78 Å². The SMILES string of the molecule is Cc1ccc(C(=O)CSC2CCCC(C)C2)c(C)c1. The summed E-state index contributed by atoms with van der Waals surface area (Å²) in [4.78, 5) is 12.3. The molecule has 2 atom stereocenters. The Labute approximate surface area is 121 Å². The summed E-state index contributed by atoms with van der Waals surface area (Å²) in [6.07, 6.45) is 5.26. The normalized spacial score (nSPS) is 23.3. The zero-order valence-electron chi connectivity index (χ0n) is 12.2. The fourth-order valence-electron chi connectivity index (χ4n) is 2.93. The van der Waals surface area contributed by atoms with Crippen LogP contribution in [0.15, 0.2) is 18.2 Å². The third-order valence-corrected chi connectivity index (χ3v) is 5.35. The minimum atomic E-state index is 0.292. The minimum Gasteiger partial charge on any atom is -0.293 e. The number of aryl methyl sites for hydroxylation is 2. The summed E-state index contributed by atoms with van der Waals surface area (Å²) in [7, 11) is 0. The lowest BCUT2D eigenvalue weighted by molar-refractivity contribution is 0.102. The van der Waals surface area contributed by atoms with Crippen molar-refractivity contribution in [2.24, 2.45) is 5.92 Å². The number of Topliss-reactive ketones (excluding diaryl/α,β-unsaturated/α-hetero) is 1. The van der Waals surface area contributed by atoms with Crippen LogP contribution in [0, 0.1) is 19.8 Å². The molecule has 1 aliphatic carbocycles. The van der Waals surface area contributed by atoms with Gasteiger partial charge in [0.25, 0.3) is 0 Å². The van der Waals surface area contributed by atoms with Crippen LogP contribution in [-0.2, 0) is 0 Å². The predicted octanol–water partition coefficient (Wildman–Crippen LogP) is 4.80. The van der Waals surface area contributed by atoms with E-state index < -0.39 is 0 Å². The van der Waals surface area contributed by atoms with Gasteiger partial charge in [-0.15, -0.1) is 0 Å². The lowest BCUT2D eigenvalue weighted by Crippen LogP contribution is -2.17. The van der Waals surface area contributed by atoms with Crippen molar-refractivity contribution < 1.29 is 4.79 Å². The van der Waals surface area contributed by atoms with E-state index in [-0.39, 0.29) is 0 Å². The average molecular weight is 276 g/mol. The number of carbonyl (C=O) groups is 1. The Morgan fingerprint density at radius 2 is 2.11 bits per heavy atom. The van der Waals surface area contributed by atoms with Gasteiger partial charge in [-0.25, -0.2) is 0 Å². The van der Waals surface area contributed by atoms with Crippen LogP contribution in [-0.4, -0.2) is 16.8 Å². The molecular weight excluding hydrogens is 252 g/mol. The van der Waals surface area contributed by atoms with Crippen molar-refractivity contribution in [3.05, 3.63) is 34.9 Å². The van der Waals surface area contributed by atoms with Crippen LogP contribution in [0.3, 0.4) is 0 Å². The number of rotatable bonds is 4. The van der Waals surface area contributed by atoms with Crippen LogP contribution >= 0.6 is 11.8 Å². The molecule has 0 radical (unpaired) electrons. The van der Waals surface area contributed by atoms with Crippen LogP contribution in [0.2, 0.25) is 0 Å². The van der Waals surface area contributed by atoms with E-state index >= 15 is 0 Å². The van der Waals surface area contributed by atoms with Crippen LogP contribution in [0.5, 0.6) is 0 Å². The van der Waals surface area contributed by atoms with E-state index in [9.17, 15) is 4.79 Å². The Bertz CT molecular complexity index is 453. The van der Waals surface area contributed by atoms with Gasteiger partial charge in [0.1, 0.15) is 0 Å². The van der Waals surface area contributed by atoms with Gasteiger partial charge < -0.3 is 0 Å². The molecule has 1 aromatic rings. The first kappa shape index (κ1) is 14.6. The summed E-state index contributed by atoms with van der Waals surface area (Å²) >= 11 is 1.87. The number of hydrogen-bond acceptors (Lipinski definition) is 2. The second-order valence-corrected chi connectivity index (χ2v) is 7.24. The van der Waals surface area contributed by atoms with Crippen molar-refractivity contribution in [1.82, 2.24) is 0 Å². The molecule has 0 spiro atoms. The first-order chi connectivity index (χ1) is 9.06. The highest BCUT2D eigenvalue weighted by Crippen LogP contribution is 2.32. The molecule has 2 unspecified atom stereocenters. The highest BCUT2D eigenvalue weighted by atomic mass is 32.2. The van der Waals surface area contributed by atoms with Gasteiger partial charge in [0, 0.05) is 10.8 Å². The van der Waals surface area contributed by atoms with E-state index in [4.69, 9.17) is 0 Å². The van der Waals surface area contributed by atoms with Gasteiger partial charge in [-0.3, -0.25) is 4.79 Å². The Hall–Kier alpha value is -0.760. The molecule has 0 amide bonds. The van der Waals surface area contributed by atoms with Gasteiger partial charge >= 0.3 is 0 Å². The van der Waals surface area contributed by atoms with Crippen LogP contribution in [0.1, 0.15) is 54.1 Å². The molecule has 2 heteroatoms. The quantitative estimate of drug-likeness (QED) is 0.735. The van der Waals surface area contributed by atoms with Gasteiger partial charge in [0.05, 0.1) is 5.75 Å². The van der Waals surface area contributed by atoms with Crippen molar-refractivity contribution >= 4 is 17.5 Å². The molecule has 19 heavy (non-hydrogen) atoms. The Morgan fingerprint density at radius 1 is 1.32 bits per heavy atom. The molecule has 0 saturated heterocycles. The molecule has 0 N–H and O–H groups in total. The molecule has 0 aromatic heterocycles. The number of carbonyl (C=O) groups excluding carboxylic acids is 1. The summed E-state index contributed by atoms with van der Waals surface area (Å²) in [5.74, 6) is 1.77. The monoisotopic (exact) mass is 276 g/mol. The van der Waals surface area contributed by atoms with E-state index in [2.05, 4.69) is 19.9 Å². The maximum Gasteiger partial charge on any atom is 0.172 e. The Balaban J connectivity index is 1.90. The highest BCUT2D eigenvalue weighted by Gasteiger charge is 2.20. The van der Waals surface area contributed by atoms with E-state index in [1.165, 1.54) is 31.2 Å². The van der Waals surface area contributed by atoms with Crippen LogP contribution in [0.4, 0.5) is 0 Å². The number of thioether (sulfide) groups is 1. The van der Waals surface area contributed by atoms with Crippen molar-refractivity contribution in [3.8, 4) is 0 Å². The van der Waals surface area contributed by atoms with Gasteiger partial charge in [-0.2, -0.15) is 11.8 Å². The predicted molar refractivity (Wildman–Crippen MR) is 84.1 cm³/mol. The zero-order chi connectivity index (χ0) is 13.8. The Kier molecular flexibility index (Phi) is 5.09. The second-order valence-electron chi connectivity index (χ2n) is 5.95. The van der Waals surface area contributed by atoms with Crippen molar-refractivity contribution in [3.63, 3.8) is 0 Å². The van der Waals surface area contributed by atoms with E-state index in [0.29, 0.717) is 16.8 Å². The fraction of sp³-hybridized carbons (Fsp3) is 0.588. The van der Waals surface area contributed by atoms with Crippen molar-refractivity contribution in [1.29, 1.82) is 0 Å². The summed E-state index contributed by atoms with van der Waals surface area (Å²) in [5.41, 5.74) is 3.24. The zero-order valence-corrected chi connectivity index (χ0v) is 13.1. The largest absolute Gasteiger partial charge is 0.293 e. The van der Waals surface area contributed by atoms with Crippen molar-refractivity contribution in [2.45, 2.75) is 51.7 Å². The third kappa shape index (κ3) is 4.10. The van der Waals surface area contributed by atoms with Gasteiger partial charge in [-0.1, -0.05) is 43.5 Å². The first-order valence-electron chi connectivity index (χ1n) is 7.28. The minimum absolute atomic E-state index is 0.292. The average Bonchev–Trinajstić information content (AvgIpc) is 2.36. The van der Waals surface area contributed by atoms with E-state index in [1.54, 1.807) is 0 Å². The third-order valence-electron chi connectivity index (χ3n) is 4.02. The molecule has 1 saturated carbocycles. The fourth-order valence-corrected chi connectivity index (χ4v) is 4.27. The maximum absolute atomic E-state index is 12.3. The standard InChI is InChI=1S/C17H24OS/c1-12-5-4-6-15(10-12)19-11-17(18)16-8-7-13(2)9-14(16)3/h7-9,12,15H,4-6,10-11H2,1-3H3. The summed E-state index contributed by atoms with van der Waals surface area (Å²) in [5, 5.41) is 0.693. The molecule has 2 rings (SSSR count).